The van der Waals surface area contributed by atoms with Crippen LogP contribution < -0.4 is 0 Å². The third-order valence-electron chi connectivity index (χ3n) is 3.29. The Labute approximate surface area is 98.2 Å². The van der Waals surface area contributed by atoms with Gasteiger partial charge >= 0.3 is 0 Å². The van der Waals surface area contributed by atoms with E-state index in [1.165, 1.54) is 0 Å². The van der Waals surface area contributed by atoms with Crippen molar-refractivity contribution in [2.75, 3.05) is 26.2 Å². The highest BCUT2D eigenvalue weighted by molar-refractivity contribution is 5.73. The number of carbonyl (C=O) groups is 1. The lowest BCUT2D eigenvalue weighted by atomic mass is 10.0. The van der Waals surface area contributed by atoms with E-state index in [0.717, 1.165) is 32.5 Å². The van der Waals surface area contributed by atoms with Crippen molar-refractivity contribution in [1.29, 1.82) is 0 Å². The number of amides is 1. The third-order valence-corrected chi connectivity index (χ3v) is 3.29. The molecule has 1 saturated heterocycles. The first-order valence-electron chi connectivity index (χ1n) is 6.18. The molecule has 1 aliphatic heterocycles. The highest BCUT2D eigenvalue weighted by Gasteiger charge is 2.27. The molecule has 0 aromatic carbocycles. The Bertz CT molecular complexity index is 223. The number of carbonyl (C=O) groups excluding carboxylic acids is 1. The van der Waals surface area contributed by atoms with Gasteiger partial charge in [0, 0.05) is 38.6 Å². The summed E-state index contributed by atoms with van der Waals surface area (Å²) in [6, 6.07) is 0.666. The molecule has 1 aliphatic rings. The quantitative estimate of drug-likeness (QED) is 0.770. The Kier molecular flexibility index (Phi) is 5.22. The number of aliphatic hydroxyl groups excluding tert-OH is 1. The van der Waals surface area contributed by atoms with Gasteiger partial charge in [0.15, 0.2) is 0 Å². The predicted octanol–water partition coefficient (Wildman–Crippen LogP) is 0.700. The summed E-state index contributed by atoms with van der Waals surface area (Å²) in [5.41, 5.74) is 0. The molecule has 0 unspecified atom stereocenters. The van der Waals surface area contributed by atoms with E-state index in [1.54, 1.807) is 6.92 Å². The fraction of sp³-hybridized carbons (Fsp3) is 0.917. The van der Waals surface area contributed by atoms with E-state index in [-0.39, 0.29) is 18.6 Å². The van der Waals surface area contributed by atoms with Crippen LogP contribution >= 0.6 is 0 Å². The fourth-order valence-electron chi connectivity index (χ4n) is 2.60. The lowest BCUT2D eigenvalue weighted by Gasteiger charge is -2.40. The van der Waals surface area contributed by atoms with Crippen molar-refractivity contribution in [2.45, 2.75) is 45.7 Å². The molecule has 1 amide bonds. The fourth-order valence-corrected chi connectivity index (χ4v) is 2.60. The number of likely N-dealkylation sites (tertiary alicyclic amines) is 1. The molecule has 0 aromatic heterocycles. The molecule has 0 atom stereocenters. The Hall–Kier alpha value is -0.610. The molecule has 4 nitrogen and oxygen atoms in total. The van der Waals surface area contributed by atoms with E-state index in [0.29, 0.717) is 6.04 Å². The summed E-state index contributed by atoms with van der Waals surface area (Å²) in [6.45, 7) is 8.76. The molecule has 0 saturated carbocycles. The van der Waals surface area contributed by atoms with E-state index >= 15 is 0 Å². The maximum absolute atomic E-state index is 11.6. The zero-order valence-corrected chi connectivity index (χ0v) is 10.6. The number of rotatable bonds is 4. The molecule has 0 bridgehead atoms. The zero-order chi connectivity index (χ0) is 12.1. The predicted molar refractivity (Wildman–Crippen MR) is 64.2 cm³/mol. The van der Waals surface area contributed by atoms with Crippen molar-refractivity contribution in [3.8, 4) is 0 Å². The summed E-state index contributed by atoms with van der Waals surface area (Å²) >= 11 is 0. The average Bonchev–Trinajstić information content (AvgIpc) is 2.20. The van der Waals surface area contributed by atoms with Crippen LogP contribution in [-0.2, 0) is 4.79 Å². The smallest absolute Gasteiger partial charge is 0.219 e. The summed E-state index contributed by atoms with van der Waals surface area (Å²) < 4.78 is 0. The zero-order valence-electron chi connectivity index (χ0n) is 10.6. The molecule has 1 fully saturated rings. The van der Waals surface area contributed by atoms with Crippen LogP contribution in [0, 0.1) is 0 Å². The van der Waals surface area contributed by atoms with Crippen molar-refractivity contribution in [1.82, 2.24) is 9.80 Å². The van der Waals surface area contributed by atoms with Gasteiger partial charge in [-0.25, -0.2) is 0 Å². The van der Waals surface area contributed by atoms with Gasteiger partial charge in [-0.3, -0.25) is 4.79 Å². The maximum Gasteiger partial charge on any atom is 0.219 e. The molecule has 1 N–H and O–H groups in total. The van der Waals surface area contributed by atoms with Gasteiger partial charge in [0.2, 0.25) is 5.91 Å². The molecular weight excluding hydrogens is 204 g/mol. The van der Waals surface area contributed by atoms with Crippen LogP contribution in [0.25, 0.3) is 0 Å². The van der Waals surface area contributed by atoms with Crippen molar-refractivity contribution >= 4 is 5.91 Å². The van der Waals surface area contributed by atoms with E-state index in [1.807, 2.05) is 4.90 Å². The third kappa shape index (κ3) is 3.46. The van der Waals surface area contributed by atoms with Crippen molar-refractivity contribution < 1.29 is 9.90 Å². The minimum atomic E-state index is 0.176. The lowest BCUT2D eigenvalue weighted by molar-refractivity contribution is -0.134. The summed E-state index contributed by atoms with van der Waals surface area (Å²) in [5, 5.41) is 8.86. The van der Waals surface area contributed by atoms with E-state index in [4.69, 9.17) is 5.11 Å². The van der Waals surface area contributed by atoms with Crippen LogP contribution in [-0.4, -0.2) is 59.1 Å². The monoisotopic (exact) mass is 228 g/mol. The number of nitrogens with zero attached hydrogens (tertiary/aromatic N) is 2. The lowest BCUT2D eigenvalue weighted by Crippen LogP contribution is -2.49. The first-order chi connectivity index (χ1) is 7.56. The summed E-state index contributed by atoms with van der Waals surface area (Å²) in [7, 11) is 0. The van der Waals surface area contributed by atoms with Crippen LogP contribution in [0.15, 0.2) is 0 Å². The van der Waals surface area contributed by atoms with Gasteiger partial charge in [-0.2, -0.15) is 0 Å². The Morgan fingerprint density at radius 2 is 2.00 bits per heavy atom. The number of hydrogen-bond donors (Lipinski definition) is 1. The molecule has 0 aromatic rings. The minimum absolute atomic E-state index is 0.176. The maximum atomic E-state index is 11.6. The van der Waals surface area contributed by atoms with Gasteiger partial charge in [0.1, 0.15) is 0 Å². The van der Waals surface area contributed by atoms with Crippen LogP contribution in [0.4, 0.5) is 0 Å². The second kappa shape index (κ2) is 6.21. The number of piperidine rings is 1. The first kappa shape index (κ1) is 13.5. The number of β-amino-alcohol motifs (C(OH)–C–C–N with tert-alkyl or cyclic N) is 1. The molecule has 0 aliphatic carbocycles. The van der Waals surface area contributed by atoms with Crippen molar-refractivity contribution in [3.63, 3.8) is 0 Å². The summed E-state index contributed by atoms with van der Waals surface area (Å²) in [6.07, 6.45) is 2.05. The van der Waals surface area contributed by atoms with Crippen molar-refractivity contribution in [3.05, 3.63) is 0 Å². The van der Waals surface area contributed by atoms with Crippen LogP contribution in [0.1, 0.15) is 33.6 Å². The minimum Gasteiger partial charge on any atom is -0.395 e. The second-order valence-corrected chi connectivity index (χ2v) is 4.82. The van der Waals surface area contributed by atoms with Gasteiger partial charge in [0.05, 0.1) is 6.61 Å². The van der Waals surface area contributed by atoms with Crippen LogP contribution in [0.2, 0.25) is 0 Å². The largest absolute Gasteiger partial charge is 0.395 e. The molecule has 1 rings (SSSR count). The molecule has 1 heterocycles. The van der Waals surface area contributed by atoms with Crippen LogP contribution in [0.5, 0.6) is 0 Å². The second-order valence-electron chi connectivity index (χ2n) is 4.82. The first-order valence-corrected chi connectivity index (χ1v) is 6.18. The SMILES string of the molecule is CC(=O)N(C(C)C)C1CCN(CCO)CC1. The highest BCUT2D eigenvalue weighted by Crippen LogP contribution is 2.18. The highest BCUT2D eigenvalue weighted by atomic mass is 16.3. The molecule has 94 valence electrons. The standard InChI is InChI=1S/C12H24N2O2/c1-10(2)14(11(3)16)12-4-6-13(7-5-12)8-9-15/h10,12,15H,4-9H2,1-3H3. The Balaban J connectivity index is 2.47. The Morgan fingerprint density at radius 3 is 2.38 bits per heavy atom. The number of hydrogen-bond acceptors (Lipinski definition) is 3. The van der Waals surface area contributed by atoms with Gasteiger partial charge in [-0.15, -0.1) is 0 Å². The molecule has 0 spiro atoms. The Morgan fingerprint density at radius 1 is 1.44 bits per heavy atom. The normalized spacial score (nSPS) is 19.1. The van der Waals surface area contributed by atoms with Gasteiger partial charge in [0.25, 0.3) is 0 Å². The number of aliphatic hydroxyl groups is 1. The molecule has 0 radical (unpaired) electrons. The van der Waals surface area contributed by atoms with Gasteiger partial charge in [-0.05, 0) is 26.7 Å². The molecule has 16 heavy (non-hydrogen) atoms. The van der Waals surface area contributed by atoms with Gasteiger partial charge < -0.3 is 14.9 Å². The summed E-state index contributed by atoms with van der Waals surface area (Å²) in [4.78, 5) is 15.8. The van der Waals surface area contributed by atoms with Crippen molar-refractivity contribution in [2.24, 2.45) is 0 Å². The van der Waals surface area contributed by atoms with E-state index < -0.39 is 0 Å². The van der Waals surface area contributed by atoms with Crippen LogP contribution in [0.3, 0.4) is 0 Å². The van der Waals surface area contributed by atoms with E-state index in [2.05, 4.69) is 18.7 Å². The average molecular weight is 228 g/mol. The van der Waals surface area contributed by atoms with E-state index in [9.17, 15) is 4.79 Å². The molecule has 4 heteroatoms. The molecular formula is C12H24N2O2. The topological polar surface area (TPSA) is 43.8 Å². The summed E-state index contributed by atoms with van der Waals surface area (Å²) in [5.74, 6) is 0.176. The van der Waals surface area contributed by atoms with Gasteiger partial charge in [-0.1, -0.05) is 0 Å².